The zero-order valence-corrected chi connectivity index (χ0v) is 6.54. The first-order valence-corrected chi connectivity index (χ1v) is 3.82. The number of nitrogens with one attached hydrogen (secondary N) is 2. The van der Waals surface area contributed by atoms with Gasteiger partial charge in [0.05, 0.1) is 0 Å². The molecule has 0 aliphatic rings. The van der Waals surface area contributed by atoms with Crippen LogP contribution in [-0.4, -0.2) is 16.8 Å². The number of hydrogen-bond acceptors (Lipinski definition) is 2. The Labute approximate surface area is 70.0 Å². The Morgan fingerprint density at radius 3 is 2.92 bits per heavy atom. The first-order chi connectivity index (χ1) is 5.90. The monoisotopic (exact) mass is 162 g/mol. The van der Waals surface area contributed by atoms with Crippen molar-refractivity contribution in [2.24, 2.45) is 0 Å². The molecule has 0 saturated heterocycles. The lowest BCUT2D eigenvalue weighted by Gasteiger charge is -1.94. The van der Waals surface area contributed by atoms with Crippen molar-refractivity contribution in [3.8, 4) is 0 Å². The van der Waals surface area contributed by atoms with Gasteiger partial charge in [-0.05, 0) is 12.1 Å². The summed E-state index contributed by atoms with van der Waals surface area (Å²) in [6.45, 7) is -0.0488. The maximum Gasteiger partial charge on any atom is 0.114 e. The van der Waals surface area contributed by atoms with E-state index in [0.717, 1.165) is 16.7 Å². The largest absolute Gasteiger partial charge is 0.377 e. The SMILES string of the molecule is OCNc1cc2ccccc2[nH]1. The Balaban J connectivity index is 2.47. The summed E-state index contributed by atoms with van der Waals surface area (Å²) in [5.74, 6) is 0.846. The van der Waals surface area contributed by atoms with Crippen LogP contribution in [0.25, 0.3) is 10.9 Å². The molecule has 3 nitrogen and oxygen atoms in total. The lowest BCUT2D eigenvalue weighted by Crippen LogP contribution is -1.98. The minimum Gasteiger partial charge on any atom is -0.377 e. The standard InChI is InChI=1S/C9H10N2O/c12-6-10-9-5-7-3-1-2-4-8(7)11-9/h1-5,10-12H,6H2. The molecule has 3 N–H and O–H groups in total. The molecule has 1 heterocycles. The number of hydrogen-bond donors (Lipinski definition) is 3. The molecule has 0 spiro atoms. The van der Waals surface area contributed by atoms with E-state index in [1.54, 1.807) is 0 Å². The van der Waals surface area contributed by atoms with Crippen LogP contribution in [0.3, 0.4) is 0 Å². The molecule has 2 rings (SSSR count). The van der Waals surface area contributed by atoms with E-state index < -0.39 is 0 Å². The van der Waals surface area contributed by atoms with Gasteiger partial charge in [-0.2, -0.15) is 0 Å². The van der Waals surface area contributed by atoms with Crippen LogP contribution in [0.5, 0.6) is 0 Å². The molecule has 12 heavy (non-hydrogen) atoms. The predicted octanol–water partition coefficient (Wildman–Crippen LogP) is 1.53. The van der Waals surface area contributed by atoms with Gasteiger partial charge in [-0.3, -0.25) is 0 Å². The van der Waals surface area contributed by atoms with Crippen molar-refractivity contribution in [1.29, 1.82) is 0 Å². The van der Waals surface area contributed by atoms with Crippen molar-refractivity contribution in [2.45, 2.75) is 0 Å². The van der Waals surface area contributed by atoms with Crippen LogP contribution in [0.15, 0.2) is 30.3 Å². The molecule has 1 aromatic carbocycles. The fourth-order valence-electron chi connectivity index (χ4n) is 1.25. The van der Waals surface area contributed by atoms with E-state index in [0.29, 0.717) is 0 Å². The van der Waals surface area contributed by atoms with Crippen molar-refractivity contribution >= 4 is 16.7 Å². The van der Waals surface area contributed by atoms with Gasteiger partial charge in [0.25, 0.3) is 0 Å². The number of anilines is 1. The summed E-state index contributed by atoms with van der Waals surface area (Å²) < 4.78 is 0. The maximum absolute atomic E-state index is 8.61. The van der Waals surface area contributed by atoms with Crippen molar-refractivity contribution in [1.82, 2.24) is 4.98 Å². The van der Waals surface area contributed by atoms with Gasteiger partial charge in [-0.25, -0.2) is 0 Å². The highest BCUT2D eigenvalue weighted by Crippen LogP contribution is 2.17. The third-order valence-corrected chi connectivity index (χ3v) is 1.80. The summed E-state index contributed by atoms with van der Waals surface area (Å²) >= 11 is 0. The van der Waals surface area contributed by atoms with E-state index in [9.17, 15) is 0 Å². The molecular formula is C9H10N2O. The Morgan fingerprint density at radius 2 is 2.17 bits per heavy atom. The van der Waals surface area contributed by atoms with E-state index in [-0.39, 0.29) is 6.73 Å². The Bertz CT molecular complexity index is 348. The third-order valence-electron chi connectivity index (χ3n) is 1.80. The van der Waals surface area contributed by atoms with E-state index in [2.05, 4.69) is 10.3 Å². The molecule has 0 saturated carbocycles. The minimum atomic E-state index is -0.0488. The third kappa shape index (κ3) is 1.14. The van der Waals surface area contributed by atoms with E-state index in [1.807, 2.05) is 30.3 Å². The van der Waals surface area contributed by atoms with E-state index >= 15 is 0 Å². The minimum absolute atomic E-state index is 0.0488. The summed E-state index contributed by atoms with van der Waals surface area (Å²) in [4.78, 5) is 3.13. The zero-order valence-electron chi connectivity index (χ0n) is 6.54. The molecule has 0 aliphatic heterocycles. The number of rotatable bonds is 2. The molecule has 0 amide bonds. The maximum atomic E-state index is 8.61. The van der Waals surface area contributed by atoms with Gasteiger partial charge in [-0.15, -0.1) is 0 Å². The van der Waals surface area contributed by atoms with E-state index in [4.69, 9.17) is 5.11 Å². The summed E-state index contributed by atoms with van der Waals surface area (Å²) in [7, 11) is 0. The molecule has 0 fully saturated rings. The van der Waals surface area contributed by atoms with Gasteiger partial charge in [0.1, 0.15) is 12.5 Å². The molecule has 0 unspecified atom stereocenters. The molecule has 0 aliphatic carbocycles. The Hall–Kier alpha value is -1.48. The first kappa shape index (κ1) is 7.18. The summed E-state index contributed by atoms with van der Waals surface area (Å²) in [6.07, 6.45) is 0. The zero-order chi connectivity index (χ0) is 8.39. The molecule has 0 atom stereocenters. The van der Waals surface area contributed by atoms with Crippen LogP contribution in [0.4, 0.5) is 5.82 Å². The van der Waals surface area contributed by atoms with Gasteiger partial charge < -0.3 is 15.4 Å². The number of aromatic nitrogens is 1. The second-order valence-corrected chi connectivity index (χ2v) is 2.61. The average Bonchev–Trinajstić information content (AvgIpc) is 2.47. The molecular weight excluding hydrogens is 152 g/mol. The number of benzene rings is 1. The number of H-pyrrole nitrogens is 1. The summed E-state index contributed by atoms with van der Waals surface area (Å²) in [5, 5.41) is 12.6. The highest BCUT2D eigenvalue weighted by Gasteiger charge is 1.96. The number of aliphatic hydroxyl groups is 1. The average molecular weight is 162 g/mol. The highest BCUT2D eigenvalue weighted by atomic mass is 16.3. The Kier molecular flexibility index (Phi) is 1.72. The second kappa shape index (κ2) is 2.87. The van der Waals surface area contributed by atoms with E-state index in [1.165, 1.54) is 0 Å². The number of fused-ring (bicyclic) bond motifs is 1. The van der Waals surface area contributed by atoms with Crippen LogP contribution in [0.1, 0.15) is 0 Å². The topological polar surface area (TPSA) is 48.0 Å². The van der Waals surface area contributed by atoms with Gasteiger partial charge in [-0.1, -0.05) is 18.2 Å². The van der Waals surface area contributed by atoms with Gasteiger partial charge >= 0.3 is 0 Å². The normalized spacial score (nSPS) is 10.4. The molecule has 3 heteroatoms. The van der Waals surface area contributed by atoms with Crippen molar-refractivity contribution in [3.05, 3.63) is 30.3 Å². The van der Waals surface area contributed by atoms with Crippen LogP contribution >= 0.6 is 0 Å². The smallest absolute Gasteiger partial charge is 0.114 e. The Morgan fingerprint density at radius 1 is 1.33 bits per heavy atom. The quantitative estimate of drug-likeness (QED) is 0.586. The number of aliphatic hydroxyl groups excluding tert-OH is 1. The first-order valence-electron chi connectivity index (χ1n) is 3.82. The van der Waals surface area contributed by atoms with Gasteiger partial charge in [0.2, 0.25) is 0 Å². The van der Waals surface area contributed by atoms with Crippen LogP contribution in [0, 0.1) is 0 Å². The second-order valence-electron chi connectivity index (χ2n) is 2.61. The lowest BCUT2D eigenvalue weighted by molar-refractivity contribution is 0.325. The predicted molar refractivity (Wildman–Crippen MR) is 49.0 cm³/mol. The fraction of sp³-hybridized carbons (Fsp3) is 0.111. The van der Waals surface area contributed by atoms with Crippen LogP contribution in [-0.2, 0) is 0 Å². The van der Waals surface area contributed by atoms with Crippen molar-refractivity contribution in [3.63, 3.8) is 0 Å². The van der Waals surface area contributed by atoms with Crippen molar-refractivity contribution < 1.29 is 5.11 Å². The molecule has 62 valence electrons. The number of aromatic amines is 1. The summed E-state index contributed by atoms with van der Waals surface area (Å²) in [6, 6.07) is 9.94. The van der Waals surface area contributed by atoms with Crippen molar-refractivity contribution in [2.75, 3.05) is 12.0 Å². The molecule has 0 radical (unpaired) electrons. The summed E-state index contributed by atoms with van der Waals surface area (Å²) in [5.41, 5.74) is 1.08. The van der Waals surface area contributed by atoms with Crippen LogP contribution < -0.4 is 5.32 Å². The molecule has 2 aromatic rings. The van der Waals surface area contributed by atoms with Crippen LogP contribution in [0.2, 0.25) is 0 Å². The number of para-hydroxylation sites is 1. The highest BCUT2D eigenvalue weighted by molar-refractivity contribution is 5.83. The molecule has 1 aromatic heterocycles. The fourth-order valence-corrected chi connectivity index (χ4v) is 1.25. The van der Waals surface area contributed by atoms with Gasteiger partial charge in [0, 0.05) is 10.9 Å². The lowest BCUT2D eigenvalue weighted by atomic mass is 10.2. The van der Waals surface area contributed by atoms with Gasteiger partial charge in [0.15, 0.2) is 0 Å². The molecule has 0 bridgehead atoms.